The highest BCUT2D eigenvalue weighted by molar-refractivity contribution is 5.36. The van der Waals surface area contributed by atoms with Crippen molar-refractivity contribution >= 4 is 5.82 Å². The Morgan fingerprint density at radius 2 is 1.95 bits per heavy atom. The van der Waals surface area contributed by atoms with Gasteiger partial charge in [0.15, 0.2) is 0 Å². The number of nitrogens with one attached hydrogen (secondary N) is 1. The van der Waals surface area contributed by atoms with E-state index in [9.17, 15) is 0 Å². The lowest BCUT2D eigenvalue weighted by Crippen LogP contribution is -2.18. The molecule has 112 valence electrons. The van der Waals surface area contributed by atoms with Gasteiger partial charge in [-0.3, -0.25) is 0 Å². The molecule has 4 nitrogen and oxygen atoms in total. The molecule has 2 rings (SSSR count). The average Bonchev–Trinajstić information content (AvgIpc) is 2.47. The molecule has 1 aliphatic carbocycles. The molecule has 0 saturated heterocycles. The minimum Gasteiger partial charge on any atom is -0.308 e. The second-order valence-corrected chi connectivity index (χ2v) is 6.34. The van der Waals surface area contributed by atoms with Gasteiger partial charge in [0, 0.05) is 17.7 Å². The van der Waals surface area contributed by atoms with E-state index in [2.05, 4.69) is 31.2 Å². The summed E-state index contributed by atoms with van der Waals surface area (Å²) in [6.07, 6.45) is 7.75. The number of nitrogens with two attached hydrogens (primary N) is 1. The topological polar surface area (TPSA) is 63.8 Å². The zero-order valence-electron chi connectivity index (χ0n) is 13.0. The van der Waals surface area contributed by atoms with Crippen LogP contribution in [0, 0.1) is 5.92 Å². The Labute approximate surface area is 122 Å². The Hall–Kier alpha value is -1.16. The number of hydrogen-bond donors (Lipinski definition) is 2. The molecular weight excluding hydrogens is 248 g/mol. The number of nitrogens with zero attached hydrogens (tertiary/aromatic N) is 2. The molecule has 20 heavy (non-hydrogen) atoms. The highest BCUT2D eigenvalue weighted by Crippen LogP contribution is 2.36. The highest BCUT2D eigenvalue weighted by atomic mass is 15.3. The molecule has 0 spiro atoms. The summed E-state index contributed by atoms with van der Waals surface area (Å²) in [7, 11) is 0. The largest absolute Gasteiger partial charge is 0.308 e. The number of anilines is 1. The van der Waals surface area contributed by atoms with E-state index in [1.807, 2.05) is 6.07 Å². The van der Waals surface area contributed by atoms with E-state index in [0.29, 0.717) is 11.8 Å². The van der Waals surface area contributed by atoms with Gasteiger partial charge in [-0.25, -0.2) is 15.8 Å². The number of aromatic nitrogens is 2. The van der Waals surface area contributed by atoms with E-state index >= 15 is 0 Å². The molecule has 1 aromatic heterocycles. The van der Waals surface area contributed by atoms with Crippen molar-refractivity contribution in [3.63, 3.8) is 0 Å². The molecule has 1 heterocycles. The predicted molar refractivity (Wildman–Crippen MR) is 83.5 cm³/mol. The van der Waals surface area contributed by atoms with Gasteiger partial charge in [0.1, 0.15) is 11.6 Å². The lowest BCUT2D eigenvalue weighted by atomic mass is 9.79. The molecule has 1 saturated carbocycles. The van der Waals surface area contributed by atoms with Crippen molar-refractivity contribution in [2.24, 2.45) is 11.8 Å². The molecule has 4 heteroatoms. The number of rotatable bonds is 5. The molecule has 0 aliphatic heterocycles. The predicted octanol–water partition coefficient (Wildman–Crippen LogP) is 3.96. The van der Waals surface area contributed by atoms with Crippen LogP contribution in [0.25, 0.3) is 0 Å². The molecule has 0 radical (unpaired) electrons. The van der Waals surface area contributed by atoms with E-state index in [-0.39, 0.29) is 0 Å². The van der Waals surface area contributed by atoms with Crippen molar-refractivity contribution in [2.45, 2.75) is 71.1 Å². The van der Waals surface area contributed by atoms with Crippen LogP contribution in [0.3, 0.4) is 0 Å². The van der Waals surface area contributed by atoms with Gasteiger partial charge in [0.05, 0.1) is 0 Å². The van der Waals surface area contributed by atoms with E-state index in [4.69, 9.17) is 10.8 Å². The molecular formula is C16H28N4. The second kappa shape index (κ2) is 7.02. The van der Waals surface area contributed by atoms with Crippen LogP contribution < -0.4 is 11.3 Å². The summed E-state index contributed by atoms with van der Waals surface area (Å²) in [6.45, 7) is 6.59. The third-order valence-corrected chi connectivity index (χ3v) is 4.41. The van der Waals surface area contributed by atoms with Crippen molar-refractivity contribution in [1.82, 2.24) is 9.97 Å². The van der Waals surface area contributed by atoms with Gasteiger partial charge in [0.25, 0.3) is 0 Å². The quantitative estimate of drug-likeness (QED) is 0.631. The zero-order chi connectivity index (χ0) is 14.5. The van der Waals surface area contributed by atoms with Gasteiger partial charge in [-0.15, -0.1) is 0 Å². The first-order valence-electron chi connectivity index (χ1n) is 7.99. The summed E-state index contributed by atoms with van der Waals surface area (Å²) >= 11 is 0. The van der Waals surface area contributed by atoms with Crippen LogP contribution in [0.2, 0.25) is 0 Å². The molecule has 0 aromatic carbocycles. The van der Waals surface area contributed by atoms with Gasteiger partial charge in [0.2, 0.25) is 0 Å². The van der Waals surface area contributed by atoms with Crippen LogP contribution in [0.4, 0.5) is 5.82 Å². The normalized spacial score (nSPS) is 23.1. The van der Waals surface area contributed by atoms with Gasteiger partial charge in [-0.1, -0.05) is 33.6 Å². The summed E-state index contributed by atoms with van der Waals surface area (Å²) in [5.74, 6) is 9.09. The molecule has 3 N–H and O–H groups in total. The van der Waals surface area contributed by atoms with Gasteiger partial charge < -0.3 is 5.43 Å². The van der Waals surface area contributed by atoms with Gasteiger partial charge in [-0.05, 0) is 37.5 Å². The molecule has 1 aromatic rings. The summed E-state index contributed by atoms with van der Waals surface area (Å²) in [6, 6.07) is 1.96. The van der Waals surface area contributed by atoms with Crippen LogP contribution >= 0.6 is 0 Å². The Morgan fingerprint density at radius 1 is 1.25 bits per heavy atom. The fourth-order valence-electron chi connectivity index (χ4n) is 3.16. The first-order chi connectivity index (χ1) is 9.63. The van der Waals surface area contributed by atoms with Crippen LogP contribution in [0.5, 0.6) is 0 Å². The molecule has 0 unspecified atom stereocenters. The van der Waals surface area contributed by atoms with Gasteiger partial charge in [-0.2, -0.15) is 0 Å². The second-order valence-electron chi connectivity index (χ2n) is 6.34. The Morgan fingerprint density at radius 3 is 2.50 bits per heavy atom. The SMILES string of the molecule is CCCC1CCC(c2nc(NN)cc(C(C)C)n2)CC1. The van der Waals surface area contributed by atoms with E-state index < -0.39 is 0 Å². The average molecular weight is 276 g/mol. The standard InChI is InChI=1S/C16H28N4/c1-4-5-12-6-8-13(9-7-12)16-18-14(11(2)3)10-15(19-16)20-17/h10-13H,4-9,17H2,1-3H3,(H,18,19,20). The minimum absolute atomic E-state index is 0.403. The summed E-state index contributed by atoms with van der Waals surface area (Å²) in [4.78, 5) is 9.35. The zero-order valence-corrected chi connectivity index (χ0v) is 13.0. The van der Waals surface area contributed by atoms with Crippen LogP contribution in [-0.2, 0) is 0 Å². The maximum atomic E-state index is 5.54. The fraction of sp³-hybridized carbons (Fsp3) is 0.750. The molecule has 1 aliphatic rings. The van der Waals surface area contributed by atoms with E-state index in [1.54, 1.807) is 0 Å². The minimum atomic E-state index is 0.403. The third-order valence-electron chi connectivity index (χ3n) is 4.41. The highest BCUT2D eigenvalue weighted by Gasteiger charge is 2.24. The molecule has 0 bridgehead atoms. The summed E-state index contributed by atoms with van der Waals surface area (Å²) in [5.41, 5.74) is 3.76. The van der Waals surface area contributed by atoms with Crippen LogP contribution in [0.15, 0.2) is 6.07 Å². The first-order valence-corrected chi connectivity index (χ1v) is 7.99. The molecule has 1 fully saturated rings. The number of hydrazine groups is 1. The van der Waals surface area contributed by atoms with E-state index in [0.717, 1.165) is 23.3 Å². The van der Waals surface area contributed by atoms with Crippen molar-refractivity contribution in [3.8, 4) is 0 Å². The maximum absolute atomic E-state index is 5.54. The van der Waals surface area contributed by atoms with Gasteiger partial charge >= 0.3 is 0 Å². The smallest absolute Gasteiger partial charge is 0.143 e. The third kappa shape index (κ3) is 3.69. The summed E-state index contributed by atoms with van der Waals surface area (Å²) in [5, 5.41) is 0. The van der Waals surface area contributed by atoms with Crippen molar-refractivity contribution in [3.05, 3.63) is 17.6 Å². The first kappa shape index (κ1) is 15.2. The number of hydrogen-bond acceptors (Lipinski definition) is 4. The monoisotopic (exact) mass is 276 g/mol. The lowest BCUT2D eigenvalue weighted by molar-refractivity contribution is 0.302. The Kier molecular flexibility index (Phi) is 5.35. The van der Waals surface area contributed by atoms with Crippen LogP contribution in [-0.4, -0.2) is 9.97 Å². The van der Waals surface area contributed by atoms with Crippen LogP contribution in [0.1, 0.15) is 82.7 Å². The Bertz CT molecular complexity index is 422. The number of nitrogen functional groups attached to an aromatic ring is 1. The lowest BCUT2D eigenvalue weighted by Gasteiger charge is -2.28. The van der Waals surface area contributed by atoms with Crippen molar-refractivity contribution in [1.29, 1.82) is 0 Å². The fourth-order valence-corrected chi connectivity index (χ4v) is 3.16. The van der Waals surface area contributed by atoms with Crippen molar-refractivity contribution in [2.75, 3.05) is 5.43 Å². The Balaban J connectivity index is 2.10. The molecule has 0 atom stereocenters. The molecule has 0 amide bonds. The summed E-state index contributed by atoms with van der Waals surface area (Å²) < 4.78 is 0. The van der Waals surface area contributed by atoms with E-state index in [1.165, 1.54) is 38.5 Å². The maximum Gasteiger partial charge on any atom is 0.143 e. The van der Waals surface area contributed by atoms with Crippen molar-refractivity contribution < 1.29 is 0 Å².